The molecular weight excluding hydrogens is 492 g/mol. The smallest absolute Gasteiger partial charge is 0.115 e. The van der Waals surface area contributed by atoms with E-state index in [4.69, 9.17) is 0 Å². The van der Waals surface area contributed by atoms with Crippen LogP contribution in [0.15, 0.2) is 119 Å². The average Bonchev–Trinajstić information content (AvgIpc) is 3.70. The van der Waals surface area contributed by atoms with Crippen molar-refractivity contribution < 1.29 is 10.2 Å². The van der Waals surface area contributed by atoms with E-state index >= 15 is 0 Å². The van der Waals surface area contributed by atoms with Crippen LogP contribution >= 0.6 is 22.7 Å². The number of fused-ring (bicyclic) bond motifs is 3. The van der Waals surface area contributed by atoms with Crippen molar-refractivity contribution >= 4 is 22.7 Å². The van der Waals surface area contributed by atoms with Gasteiger partial charge in [0.05, 0.1) is 5.41 Å². The summed E-state index contributed by atoms with van der Waals surface area (Å²) in [6.45, 7) is 0. The minimum Gasteiger partial charge on any atom is -0.508 e. The van der Waals surface area contributed by atoms with Crippen molar-refractivity contribution in [3.8, 4) is 44.9 Å². The molecule has 7 rings (SSSR count). The van der Waals surface area contributed by atoms with Crippen molar-refractivity contribution in [3.63, 3.8) is 0 Å². The van der Waals surface area contributed by atoms with E-state index in [0.29, 0.717) is 0 Å². The van der Waals surface area contributed by atoms with Crippen LogP contribution in [0.25, 0.3) is 33.4 Å². The van der Waals surface area contributed by atoms with E-state index in [9.17, 15) is 10.2 Å². The summed E-state index contributed by atoms with van der Waals surface area (Å²) >= 11 is 3.39. The van der Waals surface area contributed by atoms with E-state index in [1.807, 2.05) is 24.3 Å². The Balaban J connectivity index is 1.71. The number of hydrogen-bond donors (Lipinski definition) is 2. The zero-order valence-corrected chi connectivity index (χ0v) is 21.4. The van der Waals surface area contributed by atoms with Gasteiger partial charge in [0, 0.05) is 0 Å². The van der Waals surface area contributed by atoms with Gasteiger partial charge in [0.15, 0.2) is 0 Å². The number of thiophene rings is 2. The molecule has 0 amide bonds. The molecule has 2 aromatic heterocycles. The Hall–Kier alpha value is -4.12. The fourth-order valence-electron chi connectivity index (χ4n) is 5.97. The van der Waals surface area contributed by atoms with Gasteiger partial charge < -0.3 is 10.2 Å². The highest BCUT2D eigenvalue weighted by Crippen LogP contribution is 2.61. The van der Waals surface area contributed by atoms with Crippen molar-refractivity contribution in [1.82, 2.24) is 0 Å². The molecule has 6 aromatic rings. The maximum Gasteiger partial charge on any atom is 0.115 e. The van der Waals surface area contributed by atoms with Crippen molar-refractivity contribution in [2.75, 3.05) is 0 Å². The van der Waals surface area contributed by atoms with Crippen LogP contribution in [0.2, 0.25) is 0 Å². The van der Waals surface area contributed by atoms with Crippen LogP contribution in [0.5, 0.6) is 11.5 Å². The molecular formula is C33H22O2S2. The number of aromatic hydroxyl groups is 2. The number of rotatable bonds is 4. The van der Waals surface area contributed by atoms with Crippen LogP contribution in [0, 0.1) is 0 Å². The standard InChI is InChI=1S/C33H22O2S2/c34-25-11-7-23(8-12-25)33(24-9-13-26(35)14-10-24)31-27(21-15-17-36-19-21)3-1-5-29(31)30-6-2-4-28(32(30)33)22-16-18-37-20-22/h1-20,34-35H. The van der Waals surface area contributed by atoms with E-state index in [0.717, 1.165) is 11.1 Å². The molecule has 0 saturated heterocycles. The van der Waals surface area contributed by atoms with Crippen molar-refractivity contribution in [1.29, 1.82) is 0 Å². The van der Waals surface area contributed by atoms with Gasteiger partial charge in [0.25, 0.3) is 0 Å². The van der Waals surface area contributed by atoms with Gasteiger partial charge in [-0.05, 0) is 114 Å². The minimum absolute atomic E-state index is 0.236. The van der Waals surface area contributed by atoms with Gasteiger partial charge in [-0.3, -0.25) is 0 Å². The SMILES string of the molecule is Oc1ccc(C2(c3ccc(O)cc3)c3c(-c4ccsc4)cccc3-c3cccc(-c4ccsc4)c32)cc1. The summed E-state index contributed by atoms with van der Waals surface area (Å²) in [5.41, 5.74) is 11.1. The summed E-state index contributed by atoms with van der Waals surface area (Å²) in [5.74, 6) is 0.473. The van der Waals surface area contributed by atoms with Crippen molar-refractivity contribution in [3.05, 3.63) is 141 Å². The predicted octanol–water partition coefficient (Wildman–Crippen LogP) is 8.92. The molecule has 4 aromatic carbocycles. The van der Waals surface area contributed by atoms with Crippen molar-refractivity contribution in [2.45, 2.75) is 5.41 Å². The molecule has 0 saturated carbocycles. The van der Waals surface area contributed by atoms with Crippen LogP contribution in [0.3, 0.4) is 0 Å². The molecule has 0 spiro atoms. The Kier molecular flexibility index (Phi) is 5.07. The summed E-state index contributed by atoms with van der Waals surface area (Å²) in [6, 6.07) is 32.8. The fourth-order valence-corrected chi connectivity index (χ4v) is 7.28. The number of benzene rings is 4. The molecule has 0 atom stereocenters. The first-order valence-corrected chi connectivity index (χ1v) is 14.0. The molecule has 2 nitrogen and oxygen atoms in total. The molecule has 0 fully saturated rings. The van der Waals surface area contributed by atoms with Gasteiger partial charge >= 0.3 is 0 Å². The quantitative estimate of drug-likeness (QED) is 0.246. The highest BCUT2D eigenvalue weighted by Gasteiger charge is 2.49. The first-order valence-electron chi connectivity index (χ1n) is 12.1. The lowest BCUT2D eigenvalue weighted by Crippen LogP contribution is -2.30. The maximum absolute atomic E-state index is 10.3. The second-order valence-electron chi connectivity index (χ2n) is 9.32. The van der Waals surface area contributed by atoms with Crippen LogP contribution in [0.1, 0.15) is 22.3 Å². The number of hydrogen-bond acceptors (Lipinski definition) is 4. The van der Waals surface area contributed by atoms with Crippen molar-refractivity contribution in [2.24, 2.45) is 0 Å². The highest BCUT2D eigenvalue weighted by molar-refractivity contribution is 7.08. The Labute approximate surface area is 223 Å². The number of phenols is 2. The van der Waals surface area contributed by atoms with Gasteiger partial charge in [0.1, 0.15) is 11.5 Å². The lowest BCUT2D eigenvalue weighted by molar-refractivity contribution is 0.475. The van der Waals surface area contributed by atoms with E-state index in [-0.39, 0.29) is 11.5 Å². The van der Waals surface area contributed by atoms with Gasteiger partial charge in [-0.1, -0.05) is 60.7 Å². The third-order valence-electron chi connectivity index (χ3n) is 7.43. The zero-order chi connectivity index (χ0) is 25.0. The Bertz CT molecular complexity index is 1580. The summed E-state index contributed by atoms with van der Waals surface area (Å²) in [5, 5.41) is 29.2. The van der Waals surface area contributed by atoms with Gasteiger partial charge in [-0.15, -0.1) is 0 Å². The van der Waals surface area contributed by atoms with E-state index < -0.39 is 5.41 Å². The van der Waals surface area contributed by atoms with Gasteiger partial charge in [-0.2, -0.15) is 22.7 Å². The third-order valence-corrected chi connectivity index (χ3v) is 8.80. The predicted molar refractivity (Wildman–Crippen MR) is 154 cm³/mol. The molecule has 0 unspecified atom stereocenters. The summed E-state index contributed by atoms with van der Waals surface area (Å²) in [4.78, 5) is 0. The number of phenolic OH excluding ortho intramolecular Hbond substituents is 2. The second-order valence-corrected chi connectivity index (χ2v) is 10.9. The molecule has 178 valence electrons. The first kappa shape index (κ1) is 22.1. The molecule has 0 aliphatic heterocycles. The highest BCUT2D eigenvalue weighted by atomic mass is 32.1. The fraction of sp³-hybridized carbons (Fsp3) is 0.0303. The minimum atomic E-state index is -0.664. The van der Waals surface area contributed by atoms with Crippen LogP contribution in [-0.4, -0.2) is 10.2 Å². The van der Waals surface area contributed by atoms with E-state index in [1.54, 1.807) is 46.9 Å². The summed E-state index contributed by atoms with van der Waals surface area (Å²) < 4.78 is 0. The Morgan fingerprint density at radius 2 is 0.865 bits per heavy atom. The molecule has 1 aliphatic rings. The van der Waals surface area contributed by atoms with Gasteiger partial charge in [-0.25, -0.2) is 0 Å². The molecule has 2 N–H and O–H groups in total. The molecule has 2 heterocycles. The molecule has 1 aliphatic carbocycles. The lowest BCUT2D eigenvalue weighted by atomic mass is 9.65. The van der Waals surface area contributed by atoms with Crippen LogP contribution in [-0.2, 0) is 5.41 Å². The molecule has 0 bridgehead atoms. The summed E-state index contributed by atoms with van der Waals surface area (Å²) in [7, 11) is 0. The van der Waals surface area contributed by atoms with E-state index in [1.165, 1.54) is 44.5 Å². The van der Waals surface area contributed by atoms with Gasteiger partial charge in [0.2, 0.25) is 0 Å². The lowest BCUT2D eigenvalue weighted by Gasteiger charge is -2.36. The van der Waals surface area contributed by atoms with Crippen LogP contribution < -0.4 is 0 Å². The Morgan fingerprint density at radius 3 is 1.24 bits per heavy atom. The summed E-state index contributed by atoms with van der Waals surface area (Å²) in [6.07, 6.45) is 0. The first-order chi connectivity index (χ1) is 18.2. The largest absolute Gasteiger partial charge is 0.508 e. The third kappa shape index (κ3) is 3.23. The van der Waals surface area contributed by atoms with Crippen LogP contribution in [0.4, 0.5) is 0 Å². The average molecular weight is 515 g/mol. The van der Waals surface area contributed by atoms with E-state index in [2.05, 4.69) is 70.1 Å². The molecule has 37 heavy (non-hydrogen) atoms. The second kappa shape index (κ2) is 8.48. The molecule has 0 radical (unpaired) electrons. The zero-order valence-electron chi connectivity index (χ0n) is 19.8. The molecule has 4 heteroatoms. The monoisotopic (exact) mass is 514 g/mol. The Morgan fingerprint density at radius 1 is 0.459 bits per heavy atom. The normalized spacial score (nSPS) is 13.3. The maximum atomic E-state index is 10.3. The topological polar surface area (TPSA) is 40.5 Å².